The van der Waals surface area contributed by atoms with Gasteiger partial charge in [0, 0.05) is 10.7 Å². The molecule has 0 fully saturated rings. The molecule has 0 unspecified atom stereocenters. The summed E-state index contributed by atoms with van der Waals surface area (Å²) < 4.78 is 1.01. The molecule has 0 saturated carbocycles. The number of anilines is 2. The number of aromatic nitrogens is 1. The van der Waals surface area contributed by atoms with Gasteiger partial charge in [0.2, 0.25) is 0 Å². The molecule has 2 aromatic rings. The lowest BCUT2D eigenvalue weighted by Gasteiger charge is -2.01. The van der Waals surface area contributed by atoms with Crippen LogP contribution in [0, 0.1) is 0 Å². The molecule has 1 N–H and O–H groups in total. The van der Waals surface area contributed by atoms with Crippen LogP contribution < -0.4 is 5.32 Å². The molecule has 0 bridgehead atoms. The molecule has 2 rings (SSSR count). The van der Waals surface area contributed by atoms with E-state index in [4.69, 9.17) is 11.6 Å². The zero-order chi connectivity index (χ0) is 9.97. The van der Waals surface area contributed by atoms with Crippen molar-refractivity contribution in [3.8, 4) is 0 Å². The van der Waals surface area contributed by atoms with Gasteiger partial charge in [0.15, 0.2) is 5.13 Å². The van der Waals surface area contributed by atoms with E-state index in [1.807, 2.05) is 24.3 Å². The fourth-order valence-electron chi connectivity index (χ4n) is 0.969. The van der Waals surface area contributed by atoms with Gasteiger partial charge in [-0.15, -0.1) is 0 Å². The lowest BCUT2D eigenvalue weighted by atomic mass is 10.3. The maximum Gasteiger partial charge on any atom is 0.188 e. The van der Waals surface area contributed by atoms with Crippen molar-refractivity contribution in [3.05, 3.63) is 39.3 Å². The molecule has 0 spiro atoms. The highest BCUT2D eigenvalue weighted by atomic mass is 79.9. The lowest BCUT2D eigenvalue weighted by Crippen LogP contribution is -1.87. The second kappa shape index (κ2) is 4.29. The highest BCUT2D eigenvalue weighted by Gasteiger charge is 1.99. The second-order valence-electron chi connectivity index (χ2n) is 2.60. The molecule has 0 aliphatic carbocycles. The maximum atomic E-state index is 5.77. The minimum atomic E-state index is 0.732. The van der Waals surface area contributed by atoms with Gasteiger partial charge in [-0.3, -0.25) is 0 Å². The van der Waals surface area contributed by atoms with E-state index in [0.717, 1.165) is 19.6 Å². The van der Waals surface area contributed by atoms with Gasteiger partial charge in [-0.25, -0.2) is 4.98 Å². The Morgan fingerprint density at radius 3 is 2.57 bits per heavy atom. The molecule has 0 atom stereocenters. The Labute approximate surface area is 99.1 Å². The summed E-state index contributed by atoms with van der Waals surface area (Å²) in [4.78, 5) is 4.16. The average molecular weight is 290 g/mol. The number of benzene rings is 1. The molecule has 14 heavy (non-hydrogen) atoms. The molecule has 2 nitrogen and oxygen atoms in total. The first-order valence-electron chi connectivity index (χ1n) is 3.88. The summed E-state index contributed by atoms with van der Waals surface area (Å²) >= 11 is 10.7. The topological polar surface area (TPSA) is 24.9 Å². The Bertz CT molecular complexity index is 427. The predicted molar refractivity (Wildman–Crippen MR) is 64.5 cm³/mol. The number of hydrogen-bond acceptors (Lipinski definition) is 3. The molecular weight excluding hydrogens is 284 g/mol. The summed E-state index contributed by atoms with van der Waals surface area (Å²) in [6.07, 6.45) is 1.77. The first-order chi connectivity index (χ1) is 6.74. The molecule has 1 aromatic carbocycles. The van der Waals surface area contributed by atoms with Crippen LogP contribution in [0.4, 0.5) is 10.8 Å². The first-order valence-corrected chi connectivity index (χ1v) is 5.87. The van der Waals surface area contributed by atoms with Crippen LogP contribution in [0.1, 0.15) is 0 Å². The van der Waals surface area contributed by atoms with Gasteiger partial charge < -0.3 is 5.32 Å². The van der Waals surface area contributed by atoms with Gasteiger partial charge in [-0.1, -0.05) is 22.9 Å². The largest absolute Gasteiger partial charge is 0.332 e. The quantitative estimate of drug-likeness (QED) is 0.891. The van der Waals surface area contributed by atoms with Crippen LogP contribution in [0.15, 0.2) is 34.2 Å². The van der Waals surface area contributed by atoms with Gasteiger partial charge in [-0.05, 0) is 40.2 Å². The van der Waals surface area contributed by atoms with Crippen molar-refractivity contribution < 1.29 is 0 Å². The fraction of sp³-hybridized carbons (Fsp3) is 0. The highest BCUT2D eigenvalue weighted by Crippen LogP contribution is 2.26. The third-order valence-electron chi connectivity index (χ3n) is 1.57. The normalized spacial score (nSPS) is 10.1. The fourth-order valence-corrected chi connectivity index (χ4v) is 2.22. The minimum Gasteiger partial charge on any atom is -0.332 e. The van der Waals surface area contributed by atoms with Crippen molar-refractivity contribution in [3.63, 3.8) is 0 Å². The van der Waals surface area contributed by atoms with Crippen LogP contribution in [0.25, 0.3) is 0 Å². The molecule has 1 heterocycles. The van der Waals surface area contributed by atoms with E-state index >= 15 is 0 Å². The lowest BCUT2D eigenvalue weighted by molar-refractivity contribution is 1.38. The number of halogens is 2. The number of rotatable bonds is 2. The average Bonchev–Trinajstić information content (AvgIpc) is 2.56. The monoisotopic (exact) mass is 288 g/mol. The minimum absolute atomic E-state index is 0.732. The van der Waals surface area contributed by atoms with E-state index in [9.17, 15) is 0 Å². The highest BCUT2D eigenvalue weighted by molar-refractivity contribution is 9.11. The third-order valence-corrected chi connectivity index (χ3v) is 3.22. The van der Waals surface area contributed by atoms with E-state index in [1.165, 1.54) is 0 Å². The molecule has 0 aliphatic rings. The summed E-state index contributed by atoms with van der Waals surface area (Å²) in [6.45, 7) is 0. The smallest absolute Gasteiger partial charge is 0.188 e. The summed E-state index contributed by atoms with van der Waals surface area (Å²) in [5, 5.41) is 4.76. The van der Waals surface area contributed by atoms with E-state index < -0.39 is 0 Å². The molecule has 5 heteroatoms. The zero-order valence-electron chi connectivity index (χ0n) is 7.00. The van der Waals surface area contributed by atoms with Crippen molar-refractivity contribution in [2.75, 3.05) is 5.32 Å². The van der Waals surface area contributed by atoms with Crippen LogP contribution in [0.5, 0.6) is 0 Å². The van der Waals surface area contributed by atoms with Crippen molar-refractivity contribution in [2.45, 2.75) is 0 Å². The Kier molecular flexibility index (Phi) is 3.05. The number of nitrogens with zero attached hydrogens (tertiary/aromatic N) is 1. The van der Waals surface area contributed by atoms with Crippen LogP contribution >= 0.6 is 38.9 Å². The third kappa shape index (κ3) is 2.47. The molecule has 0 aliphatic heterocycles. The van der Waals surface area contributed by atoms with Gasteiger partial charge in [0.25, 0.3) is 0 Å². The van der Waals surface area contributed by atoms with Crippen molar-refractivity contribution in [2.24, 2.45) is 0 Å². The van der Waals surface area contributed by atoms with E-state index in [0.29, 0.717) is 0 Å². The van der Waals surface area contributed by atoms with Crippen LogP contribution in [0.3, 0.4) is 0 Å². The standard InChI is InChI=1S/C9H6BrClN2S/c10-8-5-12-9(14-8)13-7-3-1-6(11)2-4-7/h1-5H,(H,12,13). The van der Waals surface area contributed by atoms with Crippen LogP contribution in [-0.2, 0) is 0 Å². The SMILES string of the molecule is Clc1ccc(Nc2ncc(Br)s2)cc1. The Morgan fingerprint density at radius 1 is 1.29 bits per heavy atom. The summed E-state index contributed by atoms with van der Waals surface area (Å²) in [5.41, 5.74) is 0.983. The summed E-state index contributed by atoms with van der Waals surface area (Å²) in [7, 11) is 0. The molecule has 72 valence electrons. The molecule has 0 radical (unpaired) electrons. The van der Waals surface area contributed by atoms with Crippen LogP contribution in [-0.4, -0.2) is 4.98 Å². The van der Waals surface area contributed by atoms with E-state index in [1.54, 1.807) is 17.5 Å². The summed E-state index contributed by atoms with van der Waals surface area (Å²) in [5.74, 6) is 0. The molecule has 0 amide bonds. The van der Waals surface area contributed by atoms with Gasteiger partial charge in [0.05, 0.1) is 9.98 Å². The summed E-state index contributed by atoms with van der Waals surface area (Å²) in [6, 6.07) is 7.51. The van der Waals surface area contributed by atoms with Crippen molar-refractivity contribution in [1.82, 2.24) is 4.98 Å². The number of nitrogens with one attached hydrogen (secondary N) is 1. The first kappa shape index (κ1) is 9.96. The predicted octanol–water partition coefficient (Wildman–Crippen LogP) is 4.30. The van der Waals surface area contributed by atoms with E-state index in [-0.39, 0.29) is 0 Å². The number of hydrogen-bond donors (Lipinski definition) is 1. The van der Waals surface area contributed by atoms with Crippen molar-refractivity contribution >= 4 is 49.7 Å². The molecule has 0 saturated heterocycles. The Morgan fingerprint density at radius 2 is 2.00 bits per heavy atom. The Hall–Kier alpha value is -0.580. The Balaban J connectivity index is 2.15. The zero-order valence-corrected chi connectivity index (χ0v) is 10.2. The molecular formula is C9H6BrClN2S. The molecule has 1 aromatic heterocycles. The van der Waals surface area contributed by atoms with Crippen molar-refractivity contribution in [1.29, 1.82) is 0 Å². The number of thiazole rings is 1. The van der Waals surface area contributed by atoms with Gasteiger partial charge >= 0.3 is 0 Å². The van der Waals surface area contributed by atoms with E-state index in [2.05, 4.69) is 26.2 Å². The van der Waals surface area contributed by atoms with Gasteiger partial charge in [0.1, 0.15) is 0 Å². The van der Waals surface area contributed by atoms with Crippen LogP contribution in [0.2, 0.25) is 5.02 Å². The van der Waals surface area contributed by atoms with Gasteiger partial charge in [-0.2, -0.15) is 0 Å². The maximum absolute atomic E-state index is 5.77. The second-order valence-corrected chi connectivity index (χ2v) is 5.45.